The summed E-state index contributed by atoms with van der Waals surface area (Å²) in [7, 11) is 0. The average Bonchev–Trinajstić information content (AvgIpc) is 2.93. The lowest BCUT2D eigenvalue weighted by Gasteiger charge is -2.25. The molecule has 1 fully saturated rings. The van der Waals surface area contributed by atoms with E-state index >= 15 is 0 Å². The summed E-state index contributed by atoms with van der Waals surface area (Å²) in [4.78, 5) is 16.4. The maximum atomic E-state index is 12.3. The highest BCUT2D eigenvalue weighted by Crippen LogP contribution is 2.11. The quantitative estimate of drug-likeness (QED) is 0.743. The van der Waals surface area contributed by atoms with Crippen molar-refractivity contribution < 1.29 is 4.79 Å². The number of hydrogen-bond donors (Lipinski definition) is 0. The summed E-state index contributed by atoms with van der Waals surface area (Å²) in [5.41, 5.74) is 2.33. The van der Waals surface area contributed by atoms with Crippen LogP contribution in [-0.2, 0) is 11.3 Å². The van der Waals surface area contributed by atoms with Crippen molar-refractivity contribution in [3.8, 4) is 0 Å². The molecule has 0 unspecified atom stereocenters. The summed E-state index contributed by atoms with van der Waals surface area (Å²) in [5, 5.41) is 0. The Balaban J connectivity index is 1.96. The molecule has 3 nitrogen and oxygen atoms in total. The molecule has 1 heterocycles. The van der Waals surface area contributed by atoms with Crippen LogP contribution in [0, 0.1) is 0 Å². The number of hydrogen-bond acceptors (Lipinski definition) is 2. The third kappa shape index (κ3) is 4.49. The Kier molecular flexibility index (Phi) is 5.36. The van der Waals surface area contributed by atoms with E-state index in [2.05, 4.69) is 23.6 Å². The van der Waals surface area contributed by atoms with Crippen molar-refractivity contribution in [1.82, 2.24) is 9.80 Å². The van der Waals surface area contributed by atoms with Gasteiger partial charge in [-0.15, -0.1) is 0 Å². The van der Waals surface area contributed by atoms with Crippen LogP contribution in [-0.4, -0.2) is 41.9 Å². The first kappa shape index (κ1) is 14.8. The van der Waals surface area contributed by atoms with Crippen LogP contribution in [0.4, 0.5) is 0 Å². The lowest BCUT2D eigenvalue weighted by Crippen LogP contribution is -2.39. The third-order valence-corrected chi connectivity index (χ3v) is 3.56. The van der Waals surface area contributed by atoms with Crippen molar-refractivity contribution in [2.45, 2.75) is 26.3 Å². The number of likely N-dealkylation sites (tertiary alicyclic amines) is 1. The predicted molar refractivity (Wildman–Crippen MR) is 82.3 cm³/mol. The summed E-state index contributed by atoms with van der Waals surface area (Å²) in [6.45, 7) is 9.89. The van der Waals surface area contributed by atoms with E-state index in [1.165, 1.54) is 5.56 Å². The molecule has 108 valence electrons. The fourth-order valence-electron chi connectivity index (χ4n) is 2.65. The summed E-state index contributed by atoms with van der Waals surface area (Å²) in [6.07, 6.45) is 2.29. The summed E-state index contributed by atoms with van der Waals surface area (Å²) in [6, 6.07) is 10.3. The molecule has 0 saturated carbocycles. The largest absolute Gasteiger partial charge is 0.342 e. The minimum absolute atomic E-state index is 0.250. The van der Waals surface area contributed by atoms with Gasteiger partial charge in [-0.2, -0.15) is 0 Å². The van der Waals surface area contributed by atoms with E-state index in [9.17, 15) is 4.79 Å². The SMILES string of the molecule is C=C(C)CN(CC(=O)N1CCCC1)Cc1ccccc1. The van der Waals surface area contributed by atoms with Gasteiger partial charge in [-0.3, -0.25) is 9.69 Å². The van der Waals surface area contributed by atoms with Crippen LogP contribution in [0.15, 0.2) is 42.5 Å². The van der Waals surface area contributed by atoms with Crippen molar-refractivity contribution in [1.29, 1.82) is 0 Å². The molecule has 0 radical (unpaired) electrons. The van der Waals surface area contributed by atoms with E-state index in [0.29, 0.717) is 6.54 Å². The zero-order valence-electron chi connectivity index (χ0n) is 12.3. The van der Waals surface area contributed by atoms with Gasteiger partial charge in [-0.25, -0.2) is 0 Å². The number of carbonyl (C=O) groups excluding carboxylic acids is 1. The second kappa shape index (κ2) is 7.25. The van der Waals surface area contributed by atoms with E-state index in [1.807, 2.05) is 30.0 Å². The van der Waals surface area contributed by atoms with E-state index in [1.54, 1.807) is 0 Å². The second-order valence-electron chi connectivity index (χ2n) is 5.68. The molecule has 0 atom stereocenters. The van der Waals surface area contributed by atoms with Gasteiger partial charge in [0, 0.05) is 26.2 Å². The van der Waals surface area contributed by atoms with Crippen LogP contribution < -0.4 is 0 Å². The van der Waals surface area contributed by atoms with Gasteiger partial charge in [-0.1, -0.05) is 42.5 Å². The molecule has 0 aliphatic carbocycles. The molecule has 0 N–H and O–H groups in total. The van der Waals surface area contributed by atoms with E-state index in [-0.39, 0.29) is 5.91 Å². The minimum atomic E-state index is 0.250. The van der Waals surface area contributed by atoms with Crippen LogP contribution in [0.25, 0.3) is 0 Å². The van der Waals surface area contributed by atoms with Crippen LogP contribution in [0.5, 0.6) is 0 Å². The molecule has 1 saturated heterocycles. The van der Waals surface area contributed by atoms with Crippen molar-refractivity contribution in [3.05, 3.63) is 48.0 Å². The van der Waals surface area contributed by atoms with Crippen molar-refractivity contribution in [2.24, 2.45) is 0 Å². The van der Waals surface area contributed by atoms with E-state index < -0.39 is 0 Å². The smallest absolute Gasteiger partial charge is 0.236 e. The molecule has 1 aromatic rings. The number of benzene rings is 1. The Morgan fingerprint density at radius 2 is 1.85 bits per heavy atom. The van der Waals surface area contributed by atoms with Gasteiger partial charge >= 0.3 is 0 Å². The zero-order valence-corrected chi connectivity index (χ0v) is 12.3. The number of nitrogens with zero attached hydrogens (tertiary/aromatic N) is 2. The summed E-state index contributed by atoms with van der Waals surface area (Å²) in [5.74, 6) is 0.250. The van der Waals surface area contributed by atoms with Crippen molar-refractivity contribution in [3.63, 3.8) is 0 Å². The summed E-state index contributed by atoms with van der Waals surface area (Å²) < 4.78 is 0. The molecule has 3 heteroatoms. The molecule has 2 rings (SSSR count). The Bertz CT molecular complexity index is 449. The van der Waals surface area contributed by atoms with Crippen molar-refractivity contribution >= 4 is 5.91 Å². The molecule has 1 aromatic carbocycles. The molecular weight excluding hydrogens is 248 g/mol. The third-order valence-electron chi connectivity index (χ3n) is 3.56. The van der Waals surface area contributed by atoms with Gasteiger partial charge in [0.15, 0.2) is 0 Å². The molecule has 20 heavy (non-hydrogen) atoms. The normalized spacial score (nSPS) is 14.8. The predicted octanol–water partition coefficient (Wildman–Crippen LogP) is 2.69. The Morgan fingerprint density at radius 1 is 1.20 bits per heavy atom. The Labute approximate surface area is 121 Å². The topological polar surface area (TPSA) is 23.6 Å². The first-order valence-corrected chi connectivity index (χ1v) is 7.33. The van der Waals surface area contributed by atoms with E-state index in [4.69, 9.17) is 0 Å². The second-order valence-corrected chi connectivity index (χ2v) is 5.68. The average molecular weight is 272 g/mol. The highest BCUT2D eigenvalue weighted by molar-refractivity contribution is 5.78. The maximum absolute atomic E-state index is 12.3. The minimum Gasteiger partial charge on any atom is -0.342 e. The number of amides is 1. The lowest BCUT2D eigenvalue weighted by molar-refractivity contribution is -0.131. The molecule has 0 aromatic heterocycles. The van der Waals surface area contributed by atoms with E-state index in [0.717, 1.165) is 44.6 Å². The molecule has 0 bridgehead atoms. The number of rotatable bonds is 6. The summed E-state index contributed by atoms with van der Waals surface area (Å²) >= 11 is 0. The van der Waals surface area contributed by atoms with Gasteiger partial charge in [-0.05, 0) is 25.3 Å². The highest BCUT2D eigenvalue weighted by Gasteiger charge is 2.20. The first-order valence-electron chi connectivity index (χ1n) is 7.33. The van der Waals surface area contributed by atoms with Crippen molar-refractivity contribution in [2.75, 3.05) is 26.2 Å². The van der Waals surface area contributed by atoms with Crippen LogP contribution in [0.3, 0.4) is 0 Å². The highest BCUT2D eigenvalue weighted by atomic mass is 16.2. The molecule has 0 spiro atoms. The first-order chi connectivity index (χ1) is 9.65. The zero-order chi connectivity index (χ0) is 14.4. The monoisotopic (exact) mass is 272 g/mol. The van der Waals surface area contributed by atoms with Crippen LogP contribution >= 0.6 is 0 Å². The fourth-order valence-corrected chi connectivity index (χ4v) is 2.65. The Morgan fingerprint density at radius 3 is 2.45 bits per heavy atom. The fraction of sp³-hybridized carbons (Fsp3) is 0.471. The van der Waals surface area contributed by atoms with Crippen LogP contribution in [0.2, 0.25) is 0 Å². The van der Waals surface area contributed by atoms with Crippen LogP contribution in [0.1, 0.15) is 25.3 Å². The lowest BCUT2D eigenvalue weighted by atomic mass is 10.2. The Hall–Kier alpha value is -1.61. The van der Waals surface area contributed by atoms with Gasteiger partial charge in [0.05, 0.1) is 6.54 Å². The van der Waals surface area contributed by atoms with Gasteiger partial charge in [0.2, 0.25) is 5.91 Å². The molecule has 1 aliphatic rings. The van der Waals surface area contributed by atoms with Gasteiger partial charge in [0.25, 0.3) is 0 Å². The van der Waals surface area contributed by atoms with Gasteiger partial charge in [0.1, 0.15) is 0 Å². The standard InChI is InChI=1S/C17H24N2O/c1-15(2)12-18(13-16-8-4-3-5-9-16)14-17(20)19-10-6-7-11-19/h3-5,8-9H,1,6-7,10-14H2,2H3. The molecule has 1 amide bonds. The van der Waals surface area contributed by atoms with Gasteiger partial charge < -0.3 is 4.90 Å². The molecular formula is C17H24N2O. The maximum Gasteiger partial charge on any atom is 0.236 e. The number of carbonyl (C=O) groups is 1. The molecule has 1 aliphatic heterocycles.